The van der Waals surface area contributed by atoms with Crippen LogP contribution < -0.4 is 5.32 Å². The van der Waals surface area contributed by atoms with Gasteiger partial charge in [-0.25, -0.2) is 0 Å². The van der Waals surface area contributed by atoms with Gasteiger partial charge >= 0.3 is 0 Å². The first-order valence-electron chi connectivity index (χ1n) is 6.13. The summed E-state index contributed by atoms with van der Waals surface area (Å²) in [6.45, 7) is 3.52. The van der Waals surface area contributed by atoms with E-state index in [0.29, 0.717) is 0 Å². The molecule has 0 bridgehead atoms. The Bertz CT molecular complexity index is 547. The number of piperazine rings is 1. The van der Waals surface area contributed by atoms with Crippen molar-refractivity contribution >= 4 is 11.8 Å². The molecule has 0 saturated carbocycles. The second-order valence-corrected chi connectivity index (χ2v) is 4.79. The molecule has 2 rings (SSSR count). The van der Waals surface area contributed by atoms with Crippen molar-refractivity contribution < 1.29 is 9.59 Å². The lowest BCUT2D eigenvalue weighted by Gasteiger charge is -2.42. The summed E-state index contributed by atoms with van der Waals surface area (Å²) in [7, 11) is 0. The SMILES string of the molecule is C#CCN1C(=O)C(C)(c2ccccc2)NC(=O)C1C. The number of rotatable bonds is 2. The van der Waals surface area contributed by atoms with Gasteiger partial charge in [-0.2, -0.15) is 0 Å². The number of benzene rings is 1. The molecule has 0 aromatic heterocycles. The highest BCUT2D eigenvalue weighted by atomic mass is 16.2. The Morgan fingerprint density at radius 1 is 1.37 bits per heavy atom. The summed E-state index contributed by atoms with van der Waals surface area (Å²) in [4.78, 5) is 26.1. The summed E-state index contributed by atoms with van der Waals surface area (Å²) in [5, 5.41) is 2.80. The van der Waals surface area contributed by atoms with Gasteiger partial charge < -0.3 is 10.2 Å². The van der Waals surface area contributed by atoms with Crippen molar-refractivity contribution in [1.82, 2.24) is 10.2 Å². The molecule has 0 aliphatic carbocycles. The summed E-state index contributed by atoms with van der Waals surface area (Å²) >= 11 is 0. The highest BCUT2D eigenvalue weighted by Crippen LogP contribution is 2.28. The third-order valence-corrected chi connectivity index (χ3v) is 3.52. The van der Waals surface area contributed by atoms with Crippen LogP contribution in [0.5, 0.6) is 0 Å². The lowest BCUT2D eigenvalue weighted by atomic mass is 9.87. The van der Waals surface area contributed by atoms with Crippen LogP contribution >= 0.6 is 0 Å². The van der Waals surface area contributed by atoms with Crippen molar-refractivity contribution in [1.29, 1.82) is 0 Å². The fraction of sp³-hybridized carbons (Fsp3) is 0.333. The van der Waals surface area contributed by atoms with Gasteiger partial charge in [0.25, 0.3) is 5.91 Å². The maximum absolute atomic E-state index is 12.6. The molecular formula is C15H16N2O2. The van der Waals surface area contributed by atoms with Gasteiger partial charge in [-0.15, -0.1) is 6.42 Å². The molecule has 1 aliphatic rings. The number of carbonyl (C=O) groups excluding carboxylic acids is 2. The zero-order valence-electron chi connectivity index (χ0n) is 11.0. The van der Waals surface area contributed by atoms with Crippen molar-refractivity contribution in [2.75, 3.05) is 6.54 Å². The molecule has 1 aliphatic heterocycles. The van der Waals surface area contributed by atoms with Gasteiger partial charge in [-0.05, 0) is 19.4 Å². The molecular weight excluding hydrogens is 240 g/mol. The molecule has 1 N–H and O–H groups in total. The molecule has 2 atom stereocenters. The molecule has 98 valence electrons. The van der Waals surface area contributed by atoms with E-state index in [4.69, 9.17) is 6.42 Å². The number of amides is 2. The van der Waals surface area contributed by atoms with Crippen LogP contribution in [0.1, 0.15) is 19.4 Å². The summed E-state index contributed by atoms with van der Waals surface area (Å²) < 4.78 is 0. The molecule has 0 radical (unpaired) electrons. The van der Waals surface area contributed by atoms with Crippen LogP contribution in [0.3, 0.4) is 0 Å². The van der Waals surface area contributed by atoms with E-state index in [2.05, 4.69) is 11.2 Å². The number of hydrogen-bond donors (Lipinski definition) is 1. The molecule has 2 unspecified atom stereocenters. The predicted octanol–water partition coefficient (Wildman–Crippen LogP) is 0.882. The van der Waals surface area contributed by atoms with Gasteiger partial charge in [-0.1, -0.05) is 36.3 Å². The summed E-state index contributed by atoms with van der Waals surface area (Å²) in [6.07, 6.45) is 5.28. The Kier molecular flexibility index (Phi) is 3.30. The molecule has 4 heteroatoms. The van der Waals surface area contributed by atoms with Gasteiger partial charge in [0, 0.05) is 0 Å². The Morgan fingerprint density at radius 2 is 2.00 bits per heavy atom. The number of nitrogens with one attached hydrogen (secondary N) is 1. The number of terminal acetylenes is 1. The first-order valence-corrected chi connectivity index (χ1v) is 6.13. The number of carbonyl (C=O) groups is 2. The van der Waals surface area contributed by atoms with E-state index < -0.39 is 11.6 Å². The summed E-state index contributed by atoms with van der Waals surface area (Å²) in [6, 6.07) is 8.64. The average Bonchev–Trinajstić information content (AvgIpc) is 2.42. The molecule has 19 heavy (non-hydrogen) atoms. The van der Waals surface area contributed by atoms with Crippen molar-refractivity contribution in [2.24, 2.45) is 0 Å². The molecule has 1 fully saturated rings. The number of nitrogens with zero attached hydrogens (tertiary/aromatic N) is 1. The first-order chi connectivity index (χ1) is 9.00. The topological polar surface area (TPSA) is 49.4 Å². The fourth-order valence-corrected chi connectivity index (χ4v) is 2.28. The van der Waals surface area contributed by atoms with Crippen LogP contribution in [0.2, 0.25) is 0 Å². The lowest BCUT2D eigenvalue weighted by molar-refractivity contribution is -0.153. The third kappa shape index (κ3) is 2.08. The molecule has 1 saturated heterocycles. The van der Waals surface area contributed by atoms with Gasteiger partial charge in [0.05, 0.1) is 6.54 Å². The van der Waals surface area contributed by atoms with Crippen LogP contribution in [-0.4, -0.2) is 29.3 Å². The van der Waals surface area contributed by atoms with E-state index in [-0.39, 0.29) is 18.4 Å². The molecule has 4 nitrogen and oxygen atoms in total. The van der Waals surface area contributed by atoms with E-state index in [1.165, 1.54) is 4.90 Å². The minimum atomic E-state index is -1.05. The van der Waals surface area contributed by atoms with Crippen LogP contribution in [0.25, 0.3) is 0 Å². The van der Waals surface area contributed by atoms with E-state index in [1.54, 1.807) is 13.8 Å². The summed E-state index contributed by atoms with van der Waals surface area (Å²) in [5.41, 5.74) is -0.302. The number of hydrogen-bond acceptors (Lipinski definition) is 2. The quantitative estimate of drug-likeness (QED) is 0.799. The van der Waals surface area contributed by atoms with E-state index in [9.17, 15) is 9.59 Å². The van der Waals surface area contributed by atoms with Gasteiger partial charge in [0.1, 0.15) is 11.6 Å². The van der Waals surface area contributed by atoms with Gasteiger partial charge in [0.2, 0.25) is 5.91 Å². The molecule has 1 aromatic carbocycles. The second-order valence-electron chi connectivity index (χ2n) is 4.79. The van der Waals surface area contributed by atoms with Crippen molar-refractivity contribution in [2.45, 2.75) is 25.4 Å². The highest BCUT2D eigenvalue weighted by molar-refractivity contribution is 6.00. The van der Waals surface area contributed by atoms with E-state index in [0.717, 1.165) is 5.56 Å². The first kappa shape index (κ1) is 13.2. The Labute approximate surface area is 112 Å². The molecule has 0 spiro atoms. The molecule has 2 amide bonds. The van der Waals surface area contributed by atoms with Crippen molar-refractivity contribution in [3.63, 3.8) is 0 Å². The average molecular weight is 256 g/mol. The second kappa shape index (κ2) is 4.77. The van der Waals surface area contributed by atoms with E-state index >= 15 is 0 Å². The zero-order valence-corrected chi connectivity index (χ0v) is 11.0. The largest absolute Gasteiger partial charge is 0.336 e. The predicted molar refractivity (Wildman–Crippen MR) is 71.9 cm³/mol. The minimum Gasteiger partial charge on any atom is -0.336 e. The van der Waals surface area contributed by atoms with Crippen molar-refractivity contribution in [3.8, 4) is 12.3 Å². The molecule has 1 aromatic rings. The smallest absolute Gasteiger partial charge is 0.254 e. The lowest BCUT2D eigenvalue weighted by Crippen LogP contribution is -2.66. The molecule has 1 heterocycles. The van der Waals surface area contributed by atoms with Crippen LogP contribution in [-0.2, 0) is 15.1 Å². The maximum Gasteiger partial charge on any atom is 0.254 e. The van der Waals surface area contributed by atoms with Crippen LogP contribution in [0, 0.1) is 12.3 Å². The van der Waals surface area contributed by atoms with Crippen molar-refractivity contribution in [3.05, 3.63) is 35.9 Å². The third-order valence-electron chi connectivity index (χ3n) is 3.52. The Balaban J connectivity index is 2.44. The zero-order chi connectivity index (χ0) is 14.0. The monoisotopic (exact) mass is 256 g/mol. The van der Waals surface area contributed by atoms with Gasteiger partial charge in [0.15, 0.2) is 0 Å². The van der Waals surface area contributed by atoms with Crippen LogP contribution in [0.15, 0.2) is 30.3 Å². The normalized spacial score (nSPS) is 26.8. The highest BCUT2D eigenvalue weighted by Gasteiger charge is 2.47. The summed E-state index contributed by atoms with van der Waals surface area (Å²) in [5.74, 6) is 2.06. The van der Waals surface area contributed by atoms with Crippen LogP contribution in [0.4, 0.5) is 0 Å². The van der Waals surface area contributed by atoms with Gasteiger partial charge in [-0.3, -0.25) is 9.59 Å². The Hall–Kier alpha value is -2.28. The Morgan fingerprint density at radius 3 is 2.58 bits per heavy atom. The maximum atomic E-state index is 12.6. The van der Waals surface area contributed by atoms with E-state index in [1.807, 2.05) is 30.3 Å². The fourth-order valence-electron chi connectivity index (χ4n) is 2.28. The minimum absolute atomic E-state index is 0.135. The standard InChI is InChI=1S/C15H16N2O2/c1-4-10-17-11(2)13(18)16-15(3,14(17)19)12-8-6-5-7-9-12/h1,5-9,11H,10H2,2-3H3,(H,16,18).